The van der Waals surface area contributed by atoms with Crippen molar-refractivity contribution in [2.75, 3.05) is 0 Å². The van der Waals surface area contributed by atoms with E-state index in [9.17, 15) is 0 Å². The summed E-state index contributed by atoms with van der Waals surface area (Å²) in [5, 5.41) is 5.75. The summed E-state index contributed by atoms with van der Waals surface area (Å²) < 4.78 is 0. The van der Waals surface area contributed by atoms with Gasteiger partial charge in [-0.25, -0.2) is 4.98 Å². The molecule has 1 aromatic carbocycles. The number of nitrogens with one attached hydrogen (secondary N) is 1. The molecule has 21 heavy (non-hydrogen) atoms. The Morgan fingerprint density at radius 2 is 2.24 bits per heavy atom. The highest BCUT2D eigenvalue weighted by molar-refractivity contribution is 7.11. The van der Waals surface area contributed by atoms with Gasteiger partial charge in [-0.1, -0.05) is 30.7 Å². The van der Waals surface area contributed by atoms with E-state index in [-0.39, 0.29) is 0 Å². The number of hydrogen-bond donors (Lipinski definition) is 1. The van der Waals surface area contributed by atoms with Crippen LogP contribution in [0.2, 0.25) is 5.02 Å². The lowest BCUT2D eigenvalue weighted by Crippen LogP contribution is -2.41. The van der Waals surface area contributed by atoms with Crippen molar-refractivity contribution in [3.8, 4) is 0 Å². The number of thiazole rings is 1. The summed E-state index contributed by atoms with van der Waals surface area (Å²) in [6, 6.07) is 9.21. The first kappa shape index (κ1) is 15.0. The number of hydrogen-bond acceptors (Lipinski definition) is 3. The van der Waals surface area contributed by atoms with E-state index in [0.29, 0.717) is 18.0 Å². The van der Waals surface area contributed by atoms with Gasteiger partial charge in [-0.15, -0.1) is 11.3 Å². The van der Waals surface area contributed by atoms with E-state index < -0.39 is 0 Å². The summed E-state index contributed by atoms with van der Waals surface area (Å²) in [7, 11) is 0. The van der Waals surface area contributed by atoms with E-state index in [1.165, 1.54) is 28.3 Å². The third-order valence-corrected chi connectivity index (χ3v) is 5.79. The van der Waals surface area contributed by atoms with Gasteiger partial charge in [-0.3, -0.25) is 0 Å². The molecule has 0 bridgehead atoms. The van der Waals surface area contributed by atoms with E-state index in [0.717, 1.165) is 11.4 Å². The fourth-order valence-electron chi connectivity index (χ4n) is 2.90. The first-order chi connectivity index (χ1) is 10.2. The molecule has 0 radical (unpaired) electrons. The van der Waals surface area contributed by atoms with Gasteiger partial charge in [0.05, 0.1) is 6.04 Å². The molecule has 112 valence electrons. The van der Waals surface area contributed by atoms with Gasteiger partial charge in [0.25, 0.3) is 0 Å². The van der Waals surface area contributed by atoms with Gasteiger partial charge in [0.1, 0.15) is 5.01 Å². The molecule has 0 amide bonds. The normalized spacial score (nSPS) is 22.8. The number of rotatable bonds is 5. The van der Waals surface area contributed by atoms with Crippen molar-refractivity contribution in [3.05, 3.63) is 50.9 Å². The maximum Gasteiger partial charge on any atom is 0.109 e. The highest BCUT2D eigenvalue weighted by Crippen LogP contribution is 2.38. The molecule has 1 aliphatic carbocycles. The highest BCUT2D eigenvalue weighted by atomic mass is 35.5. The molecule has 2 aromatic rings. The molecular weight excluding hydrogens is 300 g/mol. The van der Waals surface area contributed by atoms with Gasteiger partial charge < -0.3 is 5.32 Å². The molecule has 1 atom stereocenters. The predicted molar refractivity (Wildman–Crippen MR) is 90.3 cm³/mol. The predicted octanol–water partition coefficient (Wildman–Crippen LogP) is 4.96. The van der Waals surface area contributed by atoms with Crippen LogP contribution in [-0.2, 0) is 6.42 Å². The molecule has 1 aromatic heterocycles. The third-order valence-electron chi connectivity index (χ3n) is 4.23. The minimum absolute atomic E-state index is 0.348. The van der Waals surface area contributed by atoms with E-state index in [1.54, 1.807) is 0 Å². The summed E-state index contributed by atoms with van der Waals surface area (Å²) >= 11 is 7.89. The smallest absolute Gasteiger partial charge is 0.109 e. The van der Waals surface area contributed by atoms with E-state index >= 15 is 0 Å². The van der Waals surface area contributed by atoms with Crippen molar-refractivity contribution in [2.24, 2.45) is 0 Å². The molecule has 0 saturated heterocycles. The zero-order valence-corrected chi connectivity index (χ0v) is 14.0. The van der Waals surface area contributed by atoms with Crippen molar-refractivity contribution in [3.63, 3.8) is 0 Å². The fraction of sp³-hybridized carbons (Fsp3) is 0.471. The maximum atomic E-state index is 6.06. The first-order valence-corrected chi connectivity index (χ1v) is 8.81. The van der Waals surface area contributed by atoms with Crippen molar-refractivity contribution in [1.29, 1.82) is 0 Å². The molecule has 1 aliphatic rings. The van der Waals surface area contributed by atoms with Gasteiger partial charge in [0.2, 0.25) is 0 Å². The minimum atomic E-state index is 0.348. The van der Waals surface area contributed by atoms with Gasteiger partial charge in [0, 0.05) is 22.1 Å². The Kier molecular flexibility index (Phi) is 4.63. The Morgan fingerprint density at radius 1 is 1.43 bits per heavy atom. The second-order valence-corrected chi connectivity index (χ2v) is 7.41. The van der Waals surface area contributed by atoms with Crippen molar-refractivity contribution < 1.29 is 0 Å². The second kappa shape index (κ2) is 6.47. The van der Waals surface area contributed by atoms with E-state index in [2.05, 4.69) is 36.3 Å². The summed E-state index contributed by atoms with van der Waals surface area (Å²) in [5.41, 5.74) is 1.37. The zero-order chi connectivity index (χ0) is 14.8. The molecule has 1 unspecified atom stereocenters. The molecule has 0 aliphatic heterocycles. The van der Waals surface area contributed by atoms with Crippen molar-refractivity contribution >= 4 is 22.9 Å². The highest BCUT2D eigenvalue weighted by Gasteiger charge is 2.31. The summed E-state index contributed by atoms with van der Waals surface area (Å²) in [6.07, 6.45) is 5.46. The molecule has 3 rings (SSSR count). The maximum absolute atomic E-state index is 6.06. The fourth-order valence-corrected chi connectivity index (χ4v) is 3.97. The Morgan fingerprint density at radius 3 is 2.90 bits per heavy atom. The number of benzene rings is 1. The Bertz CT molecular complexity index is 604. The van der Waals surface area contributed by atoms with Crippen LogP contribution in [0.25, 0.3) is 0 Å². The van der Waals surface area contributed by atoms with Crippen molar-refractivity contribution in [1.82, 2.24) is 10.3 Å². The summed E-state index contributed by atoms with van der Waals surface area (Å²) in [6.45, 7) is 4.39. The quantitative estimate of drug-likeness (QED) is 0.842. The lowest BCUT2D eigenvalue weighted by molar-refractivity contribution is 0.270. The van der Waals surface area contributed by atoms with Gasteiger partial charge in [-0.05, 0) is 49.8 Å². The average Bonchev–Trinajstić information content (AvgIpc) is 2.91. The van der Waals surface area contributed by atoms with Crippen LogP contribution in [0.1, 0.15) is 54.1 Å². The van der Waals surface area contributed by atoms with Crippen LogP contribution >= 0.6 is 22.9 Å². The molecule has 0 spiro atoms. The summed E-state index contributed by atoms with van der Waals surface area (Å²) in [4.78, 5) is 5.89. The second-order valence-electron chi connectivity index (χ2n) is 5.83. The Hall–Kier alpha value is -0.900. The van der Waals surface area contributed by atoms with E-state index in [1.807, 2.05) is 29.7 Å². The SMILES string of the molecule is CCc1cnc(C(C)NC2CC(c3cccc(Cl)c3)C2)s1. The van der Waals surface area contributed by atoms with Gasteiger partial charge in [0.15, 0.2) is 0 Å². The van der Waals surface area contributed by atoms with Crippen LogP contribution < -0.4 is 5.32 Å². The largest absolute Gasteiger partial charge is 0.305 e. The topological polar surface area (TPSA) is 24.9 Å². The Balaban J connectivity index is 1.52. The molecule has 1 heterocycles. The molecule has 1 fully saturated rings. The zero-order valence-electron chi connectivity index (χ0n) is 12.5. The molecular formula is C17H21ClN2S. The average molecular weight is 321 g/mol. The Labute approximate surface area is 135 Å². The number of aryl methyl sites for hydroxylation is 1. The number of nitrogens with zero attached hydrogens (tertiary/aromatic N) is 1. The lowest BCUT2D eigenvalue weighted by atomic mass is 9.75. The molecule has 4 heteroatoms. The van der Waals surface area contributed by atoms with Crippen molar-refractivity contribution in [2.45, 2.75) is 51.1 Å². The summed E-state index contributed by atoms with van der Waals surface area (Å²) in [5.74, 6) is 0.649. The van der Waals surface area contributed by atoms with E-state index in [4.69, 9.17) is 11.6 Å². The standard InChI is InChI=1S/C17H21ClN2S/c1-3-16-10-19-17(21-16)11(2)20-15-8-13(9-15)12-5-4-6-14(18)7-12/h4-7,10-11,13,15,20H,3,8-9H2,1-2H3. The number of halogens is 1. The van der Waals surface area contributed by atoms with Crippen LogP contribution in [0.3, 0.4) is 0 Å². The number of aromatic nitrogens is 1. The van der Waals surface area contributed by atoms with Crippen LogP contribution in [0.5, 0.6) is 0 Å². The van der Waals surface area contributed by atoms with Crippen LogP contribution in [-0.4, -0.2) is 11.0 Å². The minimum Gasteiger partial charge on any atom is -0.305 e. The monoisotopic (exact) mass is 320 g/mol. The third kappa shape index (κ3) is 3.47. The van der Waals surface area contributed by atoms with Gasteiger partial charge in [-0.2, -0.15) is 0 Å². The van der Waals surface area contributed by atoms with Gasteiger partial charge >= 0.3 is 0 Å². The first-order valence-electron chi connectivity index (χ1n) is 7.61. The molecule has 1 N–H and O–H groups in total. The molecule has 2 nitrogen and oxygen atoms in total. The molecule has 1 saturated carbocycles. The lowest BCUT2D eigenvalue weighted by Gasteiger charge is -2.38. The van der Waals surface area contributed by atoms with Crippen LogP contribution in [0, 0.1) is 0 Å². The van der Waals surface area contributed by atoms with Crippen LogP contribution in [0.15, 0.2) is 30.5 Å². The van der Waals surface area contributed by atoms with Crippen LogP contribution in [0.4, 0.5) is 0 Å².